The fraction of sp³-hybridized carbons (Fsp3) is 0.389. The molecule has 112 valence electrons. The Morgan fingerprint density at radius 2 is 1.95 bits per heavy atom. The van der Waals surface area contributed by atoms with Crippen molar-refractivity contribution < 1.29 is 9.53 Å². The van der Waals surface area contributed by atoms with Crippen molar-refractivity contribution in [1.82, 2.24) is 0 Å². The van der Waals surface area contributed by atoms with E-state index in [0.29, 0.717) is 12.0 Å². The summed E-state index contributed by atoms with van der Waals surface area (Å²) in [6.07, 6.45) is 2.29. The molecule has 0 amide bonds. The maximum Gasteiger partial charge on any atom is 0.334 e. The number of esters is 1. The summed E-state index contributed by atoms with van der Waals surface area (Å²) >= 11 is 0. The fourth-order valence-corrected chi connectivity index (χ4v) is 3.09. The largest absolute Gasteiger partial charge is 0.463 e. The van der Waals surface area contributed by atoms with Gasteiger partial charge in [0.05, 0.1) is 18.7 Å². The molecule has 1 aliphatic carbocycles. The Balaban J connectivity index is 2.49. The minimum Gasteiger partial charge on any atom is -0.463 e. The van der Waals surface area contributed by atoms with Crippen molar-refractivity contribution in [3.63, 3.8) is 0 Å². The number of rotatable bonds is 3. The summed E-state index contributed by atoms with van der Waals surface area (Å²) in [7, 11) is 0. The van der Waals surface area contributed by atoms with Crippen LogP contribution in [0.2, 0.25) is 0 Å². The lowest BCUT2D eigenvalue weighted by molar-refractivity contribution is -0.139. The highest BCUT2D eigenvalue weighted by molar-refractivity contribution is 5.89. The van der Waals surface area contributed by atoms with E-state index in [1.54, 1.807) is 13.8 Å². The second-order valence-electron chi connectivity index (χ2n) is 5.39. The van der Waals surface area contributed by atoms with Gasteiger partial charge in [-0.2, -0.15) is 10.5 Å². The van der Waals surface area contributed by atoms with Crippen LogP contribution in [0.1, 0.15) is 31.7 Å². The van der Waals surface area contributed by atoms with Crippen LogP contribution < -0.4 is 0 Å². The highest BCUT2D eigenvalue weighted by Gasteiger charge is 2.50. The molecule has 0 heterocycles. The zero-order chi connectivity index (χ0) is 16.2. The molecule has 0 fully saturated rings. The zero-order valence-corrected chi connectivity index (χ0v) is 12.7. The Labute approximate surface area is 130 Å². The minimum absolute atomic E-state index is 0.253. The summed E-state index contributed by atoms with van der Waals surface area (Å²) in [6.45, 7) is 3.77. The first-order chi connectivity index (χ1) is 10.6. The van der Waals surface area contributed by atoms with Crippen LogP contribution in [-0.2, 0) is 9.53 Å². The molecule has 22 heavy (non-hydrogen) atoms. The Morgan fingerprint density at radius 3 is 2.50 bits per heavy atom. The topological polar surface area (TPSA) is 73.9 Å². The fourth-order valence-electron chi connectivity index (χ4n) is 3.09. The number of nitriles is 2. The van der Waals surface area contributed by atoms with Gasteiger partial charge in [0.2, 0.25) is 0 Å². The SMILES string of the molecule is CCOC(=O)C1=CCC(c2ccccc2)C(C#N)(C#N)C1C. The second kappa shape index (κ2) is 6.45. The van der Waals surface area contributed by atoms with E-state index in [-0.39, 0.29) is 12.5 Å². The van der Waals surface area contributed by atoms with Gasteiger partial charge in [-0.05, 0) is 18.9 Å². The van der Waals surface area contributed by atoms with Crippen LogP contribution in [-0.4, -0.2) is 12.6 Å². The summed E-state index contributed by atoms with van der Waals surface area (Å²) in [5, 5.41) is 19.4. The van der Waals surface area contributed by atoms with Crippen LogP contribution in [0.15, 0.2) is 42.0 Å². The molecule has 2 rings (SSSR count). The van der Waals surface area contributed by atoms with E-state index in [9.17, 15) is 15.3 Å². The quantitative estimate of drug-likeness (QED) is 0.801. The lowest BCUT2D eigenvalue weighted by Gasteiger charge is -2.38. The number of ether oxygens (including phenoxy) is 1. The predicted molar refractivity (Wildman–Crippen MR) is 81.3 cm³/mol. The molecule has 0 aliphatic heterocycles. The number of allylic oxidation sites excluding steroid dienone is 1. The minimum atomic E-state index is -1.27. The van der Waals surface area contributed by atoms with E-state index in [1.165, 1.54) is 0 Å². The van der Waals surface area contributed by atoms with Crippen LogP contribution in [0.3, 0.4) is 0 Å². The predicted octanol–water partition coefficient (Wildman–Crippen LogP) is 3.33. The van der Waals surface area contributed by atoms with Crippen molar-refractivity contribution in [2.45, 2.75) is 26.2 Å². The van der Waals surface area contributed by atoms with Crippen LogP contribution in [0, 0.1) is 34.0 Å². The van der Waals surface area contributed by atoms with E-state index in [1.807, 2.05) is 36.4 Å². The van der Waals surface area contributed by atoms with E-state index < -0.39 is 17.3 Å². The number of carbonyl (C=O) groups is 1. The van der Waals surface area contributed by atoms with Crippen molar-refractivity contribution in [2.24, 2.45) is 11.3 Å². The summed E-state index contributed by atoms with van der Waals surface area (Å²) in [4.78, 5) is 12.1. The Bertz CT molecular complexity index is 651. The number of carbonyl (C=O) groups excluding carboxylic acids is 1. The smallest absolute Gasteiger partial charge is 0.334 e. The Morgan fingerprint density at radius 1 is 1.32 bits per heavy atom. The third-order valence-corrected chi connectivity index (χ3v) is 4.36. The molecule has 0 saturated carbocycles. The molecule has 2 atom stereocenters. The van der Waals surface area contributed by atoms with Gasteiger partial charge in [0.15, 0.2) is 5.41 Å². The summed E-state index contributed by atoms with van der Waals surface area (Å²) in [6, 6.07) is 13.9. The van der Waals surface area contributed by atoms with Crippen molar-refractivity contribution in [1.29, 1.82) is 10.5 Å². The van der Waals surface area contributed by atoms with E-state index in [4.69, 9.17) is 4.74 Å². The highest BCUT2D eigenvalue weighted by Crippen LogP contribution is 2.50. The second-order valence-corrected chi connectivity index (χ2v) is 5.39. The Hall–Kier alpha value is -2.59. The molecule has 4 nitrogen and oxygen atoms in total. The molecular formula is C18H18N2O2. The molecule has 1 aliphatic rings. The maximum atomic E-state index is 12.1. The normalized spacial score (nSPS) is 22.8. The molecule has 1 aromatic rings. The average Bonchev–Trinajstić information content (AvgIpc) is 2.55. The van der Waals surface area contributed by atoms with Gasteiger partial charge in [-0.3, -0.25) is 0 Å². The molecule has 0 spiro atoms. The summed E-state index contributed by atoms with van der Waals surface area (Å²) in [5.41, 5.74) is 0.104. The summed E-state index contributed by atoms with van der Waals surface area (Å²) in [5.74, 6) is -1.19. The van der Waals surface area contributed by atoms with Crippen LogP contribution in [0.25, 0.3) is 0 Å². The van der Waals surface area contributed by atoms with Gasteiger partial charge in [0.1, 0.15) is 0 Å². The van der Waals surface area contributed by atoms with Gasteiger partial charge in [-0.25, -0.2) is 4.79 Å². The van der Waals surface area contributed by atoms with Crippen molar-refractivity contribution in [3.05, 3.63) is 47.5 Å². The Kier molecular flexibility index (Phi) is 4.63. The third kappa shape index (κ3) is 2.49. The lowest BCUT2D eigenvalue weighted by Crippen LogP contribution is -2.38. The summed E-state index contributed by atoms with van der Waals surface area (Å²) < 4.78 is 5.05. The first-order valence-electron chi connectivity index (χ1n) is 7.35. The number of benzene rings is 1. The molecule has 0 saturated heterocycles. The van der Waals surface area contributed by atoms with E-state index >= 15 is 0 Å². The van der Waals surface area contributed by atoms with Gasteiger partial charge in [0.25, 0.3) is 0 Å². The zero-order valence-electron chi connectivity index (χ0n) is 12.7. The highest BCUT2D eigenvalue weighted by atomic mass is 16.5. The maximum absolute atomic E-state index is 12.1. The monoisotopic (exact) mass is 294 g/mol. The van der Waals surface area contributed by atoms with Crippen LogP contribution in [0.5, 0.6) is 0 Å². The molecule has 0 N–H and O–H groups in total. The number of nitrogens with zero attached hydrogens (tertiary/aromatic N) is 2. The van der Waals surface area contributed by atoms with E-state index in [2.05, 4.69) is 12.1 Å². The molecule has 0 radical (unpaired) electrons. The van der Waals surface area contributed by atoms with Crippen molar-refractivity contribution in [3.8, 4) is 12.1 Å². The van der Waals surface area contributed by atoms with Gasteiger partial charge in [-0.1, -0.05) is 43.3 Å². The third-order valence-electron chi connectivity index (χ3n) is 4.36. The standard InChI is InChI=1S/C18H18N2O2/c1-3-22-17(21)15-9-10-16(14-7-5-4-6-8-14)18(11-19,12-20)13(15)2/h4-9,13,16H,3,10H2,1-2H3. The van der Waals surface area contributed by atoms with Crippen molar-refractivity contribution in [2.75, 3.05) is 6.61 Å². The molecule has 0 aromatic heterocycles. The molecule has 0 bridgehead atoms. The van der Waals surface area contributed by atoms with Gasteiger partial charge >= 0.3 is 5.97 Å². The number of hydrogen-bond acceptors (Lipinski definition) is 4. The molecule has 1 aromatic carbocycles. The van der Waals surface area contributed by atoms with E-state index in [0.717, 1.165) is 5.56 Å². The number of hydrogen-bond donors (Lipinski definition) is 0. The van der Waals surface area contributed by atoms with Crippen LogP contribution >= 0.6 is 0 Å². The van der Waals surface area contributed by atoms with Crippen LogP contribution in [0.4, 0.5) is 0 Å². The molecule has 2 unspecified atom stereocenters. The average molecular weight is 294 g/mol. The van der Waals surface area contributed by atoms with Gasteiger partial charge in [-0.15, -0.1) is 0 Å². The first-order valence-corrected chi connectivity index (χ1v) is 7.35. The van der Waals surface area contributed by atoms with Crippen molar-refractivity contribution >= 4 is 5.97 Å². The van der Waals surface area contributed by atoms with Gasteiger partial charge < -0.3 is 4.74 Å². The van der Waals surface area contributed by atoms with Gasteiger partial charge in [0, 0.05) is 17.4 Å². The molecule has 4 heteroatoms. The lowest BCUT2D eigenvalue weighted by atomic mass is 9.60. The molecular weight excluding hydrogens is 276 g/mol. The first kappa shape index (κ1) is 15.8.